The number of nitrogens with one attached hydrogen (secondary N) is 1. The van der Waals surface area contributed by atoms with Gasteiger partial charge in [0.1, 0.15) is 5.88 Å². The van der Waals surface area contributed by atoms with E-state index in [1.807, 2.05) is 0 Å². The molecule has 5 heteroatoms. The molecule has 0 bridgehead atoms. The van der Waals surface area contributed by atoms with Crippen molar-refractivity contribution in [2.75, 3.05) is 5.88 Å². The van der Waals surface area contributed by atoms with Crippen LogP contribution in [-0.2, 0) is 14.4 Å². The van der Waals surface area contributed by atoms with E-state index in [0.29, 0.717) is 0 Å². The van der Waals surface area contributed by atoms with Gasteiger partial charge < -0.3 is 4.84 Å². The molecule has 0 unspecified atom stereocenters. The number of carbonyl (C=O) groups excluding carboxylic acids is 2. The van der Waals surface area contributed by atoms with Gasteiger partial charge in [0.15, 0.2) is 0 Å². The molecule has 0 aliphatic rings. The van der Waals surface area contributed by atoms with Gasteiger partial charge in [0.05, 0.1) is 0 Å². The lowest BCUT2D eigenvalue weighted by atomic mass is 10.7. The molecule has 0 aromatic heterocycles. The Balaban J connectivity index is 3.44. The summed E-state index contributed by atoms with van der Waals surface area (Å²) in [6, 6.07) is 0. The maximum Gasteiger partial charge on any atom is 0.355 e. The normalized spacial score (nSPS) is 8.10. The first-order valence-electron chi connectivity index (χ1n) is 2.38. The summed E-state index contributed by atoms with van der Waals surface area (Å²) in [6.07, 6.45) is 0.925. The Labute approximate surface area is 62.8 Å². The van der Waals surface area contributed by atoms with Crippen molar-refractivity contribution in [3.63, 3.8) is 0 Å². The molecular weight excluding hydrogens is 158 g/mol. The van der Waals surface area contributed by atoms with Crippen LogP contribution in [0.15, 0.2) is 12.7 Å². The first-order valence-corrected chi connectivity index (χ1v) is 2.92. The molecule has 10 heavy (non-hydrogen) atoms. The summed E-state index contributed by atoms with van der Waals surface area (Å²) >= 11 is 5.05. The Morgan fingerprint density at radius 2 is 2.30 bits per heavy atom. The lowest BCUT2D eigenvalue weighted by Gasteiger charge is -1.98. The average Bonchev–Trinajstić information content (AvgIpc) is 1.99. The topological polar surface area (TPSA) is 55.4 Å². The molecule has 0 fully saturated rings. The molecule has 0 atom stereocenters. The molecule has 0 aromatic carbocycles. The van der Waals surface area contributed by atoms with E-state index in [1.54, 1.807) is 5.48 Å². The van der Waals surface area contributed by atoms with Crippen LogP contribution in [-0.4, -0.2) is 17.8 Å². The van der Waals surface area contributed by atoms with Crippen molar-refractivity contribution in [2.45, 2.75) is 0 Å². The molecule has 0 spiro atoms. The summed E-state index contributed by atoms with van der Waals surface area (Å²) in [5.41, 5.74) is 1.79. The van der Waals surface area contributed by atoms with Crippen molar-refractivity contribution in [3.8, 4) is 0 Å². The van der Waals surface area contributed by atoms with E-state index in [0.717, 1.165) is 6.08 Å². The van der Waals surface area contributed by atoms with Crippen LogP contribution >= 0.6 is 11.6 Å². The van der Waals surface area contributed by atoms with Gasteiger partial charge in [0.2, 0.25) is 0 Å². The molecule has 0 radical (unpaired) electrons. The minimum Gasteiger partial charge on any atom is -0.336 e. The zero-order valence-corrected chi connectivity index (χ0v) is 5.85. The molecule has 0 heterocycles. The van der Waals surface area contributed by atoms with Gasteiger partial charge in [0, 0.05) is 6.08 Å². The van der Waals surface area contributed by atoms with Gasteiger partial charge in [0.25, 0.3) is 5.91 Å². The van der Waals surface area contributed by atoms with E-state index < -0.39 is 11.9 Å². The number of hydroxylamine groups is 1. The van der Waals surface area contributed by atoms with Gasteiger partial charge in [-0.3, -0.25) is 4.79 Å². The van der Waals surface area contributed by atoms with Crippen LogP contribution in [0.25, 0.3) is 0 Å². The lowest BCUT2D eigenvalue weighted by Crippen LogP contribution is -2.26. The van der Waals surface area contributed by atoms with Gasteiger partial charge in [-0.25, -0.2) is 4.79 Å². The van der Waals surface area contributed by atoms with Crippen LogP contribution in [0.5, 0.6) is 0 Å². The monoisotopic (exact) mass is 163 g/mol. The number of carbonyl (C=O) groups is 2. The van der Waals surface area contributed by atoms with E-state index in [9.17, 15) is 9.59 Å². The Morgan fingerprint density at radius 3 is 2.70 bits per heavy atom. The van der Waals surface area contributed by atoms with Crippen LogP contribution in [0.3, 0.4) is 0 Å². The highest BCUT2D eigenvalue weighted by Gasteiger charge is 1.99. The molecule has 0 aromatic rings. The summed E-state index contributed by atoms with van der Waals surface area (Å²) in [7, 11) is 0. The zero-order chi connectivity index (χ0) is 7.98. The second-order valence-electron chi connectivity index (χ2n) is 1.28. The minimum atomic E-state index is -0.724. The molecule has 0 aliphatic heterocycles. The van der Waals surface area contributed by atoms with E-state index in [2.05, 4.69) is 11.4 Å². The molecule has 0 rings (SSSR count). The van der Waals surface area contributed by atoms with E-state index >= 15 is 0 Å². The van der Waals surface area contributed by atoms with Gasteiger partial charge >= 0.3 is 5.97 Å². The highest BCUT2D eigenvalue weighted by Crippen LogP contribution is 1.76. The number of rotatable bonds is 2. The maximum atomic E-state index is 10.3. The van der Waals surface area contributed by atoms with Gasteiger partial charge in [-0.05, 0) is 0 Å². The predicted molar refractivity (Wildman–Crippen MR) is 35.2 cm³/mol. The standard InChI is InChI=1S/C5H6ClNO3/c1-2-5(9)10-7-4(8)3-6/h2H,1,3H2,(H,7,8). The first kappa shape index (κ1) is 8.97. The highest BCUT2D eigenvalue weighted by molar-refractivity contribution is 6.27. The second-order valence-corrected chi connectivity index (χ2v) is 1.55. The van der Waals surface area contributed by atoms with E-state index in [-0.39, 0.29) is 5.88 Å². The molecule has 0 aliphatic carbocycles. The van der Waals surface area contributed by atoms with Crippen LogP contribution < -0.4 is 5.48 Å². The number of amides is 1. The first-order chi connectivity index (χ1) is 4.70. The quantitative estimate of drug-likeness (QED) is 0.354. The zero-order valence-electron chi connectivity index (χ0n) is 5.09. The molecule has 0 saturated carbocycles. The largest absolute Gasteiger partial charge is 0.355 e. The Kier molecular flexibility index (Phi) is 4.32. The Morgan fingerprint density at radius 1 is 1.70 bits per heavy atom. The third-order valence-corrected chi connectivity index (χ3v) is 0.796. The molecule has 0 saturated heterocycles. The number of hydrogen-bond donors (Lipinski definition) is 1. The molecular formula is C5H6ClNO3. The molecule has 1 amide bonds. The van der Waals surface area contributed by atoms with Gasteiger partial charge in [-0.1, -0.05) is 6.58 Å². The third-order valence-electron chi connectivity index (χ3n) is 0.553. The van der Waals surface area contributed by atoms with Crippen LogP contribution in [0, 0.1) is 0 Å². The maximum absolute atomic E-state index is 10.3. The fourth-order valence-electron chi connectivity index (χ4n) is 0.176. The second kappa shape index (κ2) is 4.81. The van der Waals surface area contributed by atoms with Crippen LogP contribution in [0.1, 0.15) is 0 Å². The van der Waals surface area contributed by atoms with E-state index in [1.165, 1.54) is 0 Å². The summed E-state index contributed by atoms with van der Waals surface area (Å²) in [5, 5.41) is 0. The van der Waals surface area contributed by atoms with Crippen molar-refractivity contribution in [3.05, 3.63) is 12.7 Å². The summed E-state index contributed by atoms with van der Waals surface area (Å²) < 4.78 is 0. The van der Waals surface area contributed by atoms with Crippen molar-refractivity contribution in [1.29, 1.82) is 0 Å². The lowest BCUT2D eigenvalue weighted by molar-refractivity contribution is -0.152. The Bertz CT molecular complexity index is 157. The molecule has 4 nitrogen and oxygen atoms in total. The summed E-state index contributed by atoms with van der Waals surface area (Å²) in [5.74, 6) is -1.54. The summed E-state index contributed by atoms with van der Waals surface area (Å²) in [6.45, 7) is 3.11. The summed E-state index contributed by atoms with van der Waals surface area (Å²) in [4.78, 5) is 24.6. The van der Waals surface area contributed by atoms with Crippen LogP contribution in [0.2, 0.25) is 0 Å². The van der Waals surface area contributed by atoms with Crippen molar-refractivity contribution in [1.82, 2.24) is 5.48 Å². The highest BCUT2D eigenvalue weighted by atomic mass is 35.5. The number of halogens is 1. The fourth-order valence-corrected chi connectivity index (χ4v) is 0.231. The minimum absolute atomic E-state index is 0.246. The molecule has 1 N–H and O–H groups in total. The average molecular weight is 164 g/mol. The smallest absolute Gasteiger partial charge is 0.336 e. The van der Waals surface area contributed by atoms with Crippen molar-refractivity contribution >= 4 is 23.5 Å². The third kappa shape index (κ3) is 3.91. The number of alkyl halides is 1. The van der Waals surface area contributed by atoms with Crippen LogP contribution in [0.4, 0.5) is 0 Å². The van der Waals surface area contributed by atoms with Gasteiger partial charge in [-0.2, -0.15) is 5.48 Å². The predicted octanol–water partition coefficient (Wildman–Crippen LogP) is -0.0144. The molecule has 56 valence electrons. The van der Waals surface area contributed by atoms with Crippen molar-refractivity contribution in [2.24, 2.45) is 0 Å². The fraction of sp³-hybridized carbons (Fsp3) is 0.200. The van der Waals surface area contributed by atoms with E-state index in [4.69, 9.17) is 11.6 Å². The number of hydrogen-bond acceptors (Lipinski definition) is 3. The SMILES string of the molecule is C=CC(=O)ONC(=O)CCl. The van der Waals surface area contributed by atoms with Crippen molar-refractivity contribution < 1.29 is 14.4 Å². The van der Waals surface area contributed by atoms with Gasteiger partial charge in [-0.15, -0.1) is 11.6 Å². The Hall–Kier alpha value is -1.03.